The molecule has 0 radical (unpaired) electrons. The summed E-state index contributed by atoms with van der Waals surface area (Å²) >= 11 is 12.0. The van der Waals surface area contributed by atoms with E-state index < -0.39 is 12.6 Å². The van der Waals surface area contributed by atoms with E-state index in [1.54, 1.807) is 36.4 Å². The molecular weight excluding hydrogens is 377 g/mol. The van der Waals surface area contributed by atoms with E-state index in [2.05, 4.69) is 4.98 Å². The third kappa shape index (κ3) is 3.79. The predicted molar refractivity (Wildman–Crippen MR) is 99.4 cm³/mol. The summed E-state index contributed by atoms with van der Waals surface area (Å²) in [5.74, 6) is -0.580. The molecule has 0 fully saturated rings. The fraction of sp³-hybridized carbons (Fsp3) is 0.105. The average Bonchev–Trinajstić information content (AvgIpc) is 2.65. The molecule has 1 aromatic heterocycles. The molecular formula is C19H13Cl2NO4. The number of pyridine rings is 1. The van der Waals surface area contributed by atoms with Crippen LogP contribution in [0, 0.1) is 0 Å². The fourth-order valence-electron chi connectivity index (χ4n) is 2.44. The summed E-state index contributed by atoms with van der Waals surface area (Å²) in [4.78, 5) is 28.8. The monoisotopic (exact) mass is 389 g/mol. The Kier molecular flexibility index (Phi) is 5.40. The van der Waals surface area contributed by atoms with Gasteiger partial charge in [0, 0.05) is 10.9 Å². The first-order valence-corrected chi connectivity index (χ1v) is 8.34. The molecule has 0 saturated carbocycles. The molecule has 0 N–H and O–H groups in total. The normalized spacial score (nSPS) is 10.6. The van der Waals surface area contributed by atoms with Crippen LogP contribution in [0.1, 0.15) is 20.7 Å². The lowest BCUT2D eigenvalue weighted by Gasteiger charge is -2.08. The number of carbonyl (C=O) groups excluding carboxylic acids is 2. The highest BCUT2D eigenvalue weighted by atomic mass is 35.5. The van der Waals surface area contributed by atoms with E-state index in [0.717, 1.165) is 0 Å². The highest BCUT2D eigenvalue weighted by Gasteiger charge is 2.16. The van der Waals surface area contributed by atoms with Gasteiger partial charge in [0.25, 0.3) is 0 Å². The van der Waals surface area contributed by atoms with Gasteiger partial charge in [0.2, 0.25) is 0 Å². The Balaban J connectivity index is 1.77. The maximum atomic E-state index is 12.4. The van der Waals surface area contributed by atoms with Gasteiger partial charge >= 0.3 is 5.97 Å². The lowest BCUT2D eigenvalue weighted by Crippen LogP contribution is -2.15. The number of esters is 1. The van der Waals surface area contributed by atoms with Crippen LogP contribution >= 0.6 is 23.2 Å². The Morgan fingerprint density at radius 1 is 1.08 bits per heavy atom. The summed E-state index contributed by atoms with van der Waals surface area (Å²) in [7, 11) is 1.48. The van der Waals surface area contributed by atoms with E-state index in [1.807, 2.05) is 0 Å². The smallest absolute Gasteiger partial charge is 0.339 e. The van der Waals surface area contributed by atoms with E-state index in [4.69, 9.17) is 32.7 Å². The Hall–Kier alpha value is -2.63. The second kappa shape index (κ2) is 7.72. The number of hydrogen-bond acceptors (Lipinski definition) is 5. The van der Waals surface area contributed by atoms with E-state index in [0.29, 0.717) is 27.2 Å². The van der Waals surface area contributed by atoms with Gasteiger partial charge in [-0.2, -0.15) is 0 Å². The molecule has 7 heteroatoms. The maximum absolute atomic E-state index is 12.4. The summed E-state index contributed by atoms with van der Waals surface area (Å²) < 4.78 is 10.2. The lowest BCUT2D eigenvalue weighted by atomic mass is 10.1. The number of hydrogen-bond donors (Lipinski definition) is 0. The lowest BCUT2D eigenvalue weighted by molar-refractivity contribution is 0.0476. The van der Waals surface area contributed by atoms with Crippen LogP contribution in [0.3, 0.4) is 0 Å². The van der Waals surface area contributed by atoms with Crippen molar-refractivity contribution < 1.29 is 19.1 Å². The highest BCUT2D eigenvalue weighted by Crippen LogP contribution is 2.25. The first-order valence-electron chi connectivity index (χ1n) is 7.58. The van der Waals surface area contributed by atoms with Crippen LogP contribution < -0.4 is 4.74 Å². The molecule has 3 aromatic rings. The number of carbonyl (C=O) groups is 2. The van der Waals surface area contributed by atoms with E-state index in [-0.39, 0.29) is 16.5 Å². The third-order valence-electron chi connectivity index (χ3n) is 3.71. The van der Waals surface area contributed by atoms with Crippen molar-refractivity contribution in [3.8, 4) is 5.75 Å². The molecule has 5 nitrogen and oxygen atoms in total. The molecule has 0 amide bonds. The number of methoxy groups -OCH3 is 1. The second-order valence-corrected chi connectivity index (χ2v) is 6.15. The molecule has 26 heavy (non-hydrogen) atoms. The van der Waals surface area contributed by atoms with Gasteiger partial charge < -0.3 is 9.47 Å². The topological polar surface area (TPSA) is 65.5 Å². The molecule has 3 rings (SSSR count). The van der Waals surface area contributed by atoms with Gasteiger partial charge in [-0.05, 0) is 30.3 Å². The number of ether oxygens (including phenoxy) is 2. The average molecular weight is 390 g/mol. The molecule has 0 aliphatic carbocycles. The molecule has 0 aliphatic rings. The summed E-state index contributed by atoms with van der Waals surface area (Å²) in [5, 5.41) is 1.07. The highest BCUT2D eigenvalue weighted by molar-refractivity contribution is 6.32. The molecule has 0 atom stereocenters. The number of ketones is 1. The van der Waals surface area contributed by atoms with Crippen molar-refractivity contribution in [2.45, 2.75) is 0 Å². The van der Waals surface area contributed by atoms with Crippen molar-refractivity contribution in [3.63, 3.8) is 0 Å². The van der Waals surface area contributed by atoms with Crippen molar-refractivity contribution >= 4 is 45.9 Å². The zero-order valence-electron chi connectivity index (χ0n) is 13.7. The molecule has 1 heterocycles. The number of benzene rings is 2. The van der Waals surface area contributed by atoms with Crippen LogP contribution in [0.15, 0.2) is 48.5 Å². The number of Topliss-reactive ketones (excluding diaryl/α,β-unsaturated/α-hetero) is 1. The van der Waals surface area contributed by atoms with Crippen LogP contribution in [0.2, 0.25) is 10.2 Å². The van der Waals surface area contributed by atoms with Gasteiger partial charge in [-0.15, -0.1) is 0 Å². The SMILES string of the molecule is COc1ccc(C(=O)COC(=O)c2cc(Cl)nc3ccccc23)cc1Cl. The molecule has 132 valence electrons. The van der Waals surface area contributed by atoms with Crippen molar-refractivity contribution in [3.05, 3.63) is 69.8 Å². The number of fused-ring (bicyclic) bond motifs is 1. The fourth-order valence-corrected chi connectivity index (χ4v) is 2.90. The van der Waals surface area contributed by atoms with Crippen LogP contribution in [-0.2, 0) is 4.74 Å². The zero-order valence-corrected chi connectivity index (χ0v) is 15.2. The minimum atomic E-state index is -0.654. The third-order valence-corrected chi connectivity index (χ3v) is 4.20. The summed E-state index contributed by atoms with van der Waals surface area (Å²) in [6.07, 6.45) is 0. The van der Waals surface area contributed by atoms with Crippen LogP contribution in [0.5, 0.6) is 5.75 Å². The van der Waals surface area contributed by atoms with Gasteiger partial charge in [-0.25, -0.2) is 9.78 Å². The Labute approximate surface area is 159 Å². The van der Waals surface area contributed by atoms with E-state index in [9.17, 15) is 9.59 Å². The van der Waals surface area contributed by atoms with Crippen molar-refractivity contribution in [1.29, 1.82) is 0 Å². The van der Waals surface area contributed by atoms with Crippen molar-refractivity contribution in [2.75, 3.05) is 13.7 Å². The standard InChI is InChI=1S/C19H13Cl2NO4/c1-25-17-7-6-11(8-14(17)20)16(23)10-26-19(24)13-9-18(21)22-15-5-3-2-4-12(13)15/h2-9H,10H2,1H3. The number of rotatable bonds is 5. The first-order chi connectivity index (χ1) is 12.5. The second-order valence-electron chi connectivity index (χ2n) is 5.36. The summed E-state index contributed by atoms with van der Waals surface area (Å²) in [5.41, 5.74) is 1.14. The van der Waals surface area contributed by atoms with Gasteiger partial charge in [0.1, 0.15) is 10.9 Å². The van der Waals surface area contributed by atoms with Gasteiger partial charge in [-0.3, -0.25) is 4.79 Å². The van der Waals surface area contributed by atoms with E-state index >= 15 is 0 Å². The van der Waals surface area contributed by atoms with Gasteiger partial charge in [-0.1, -0.05) is 41.4 Å². The quantitative estimate of drug-likeness (QED) is 0.362. The Morgan fingerprint density at radius 3 is 2.58 bits per heavy atom. The summed E-state index contributed by atoms with van der Waals surface area (Å²) in [6.45, 7) is -0.421. The van der Waals surface area contributed by atoms with Gasteiger partial charge in [0.15, 0.2) is 12.4 Å². The minimum Gasteiger partial charge on any atom is -0.495 e. The molecule has 0 saturated heterocycles. The molecule has 0 unspecified atom stereocenters. The molecule has 2 aromatic carbocycles. The molecule has 0 bridgehead atoms. The van der Waals surface area contributed by atoms with E-state index in [1.165, 1.54) is 19.2 Å². The van der Waals surface area contributed by atoms with Crippen LogP contribution in [-0.4, -0.2) is 30.5 Å². The first kappa shape index (κ1) is 18.2. The summed E-state index contributed by atoms with van der Waals surface area (Å²) in [6, 6.07) is 13.1. The van der Waals surface area contributed by atoms with Crippen LogP contribution in [0.4, 0.5) is 0 Å². The van der Waals surface area contributed by atoms with Crippen LogP contribution in [0.25, 0.3) is 10.9 Å². The number of nitrogens with zero attached hydrogens (tertiary/aromatic N) is 1. The van der Waals surface area contributed by atoms with Crippen molar-refractivity contribution in [2.24, 2.45) is 0 Å². The zero-order chi connectivity index (χ0) is 18.7. The molecule has 0 spiro atoms. The van der Waals surface area contributed by atoms with Crippen molar-refractivity contribution in [1.82, 2.24) is 4.98 Å². The Bertz CT molecular complexity index is 1000. The van der Waals surface area contributed by atoms with Gasteiger partial charge in [0.05, 0.1) is 23.2 Å². The predicted octanol–water partition coefficient (Wildman–Crippen LogP) is 4.59. The molecule has 0 aliphatic heterocycles. The minimum absolute atomic E-state index is 0.170. The maximum Gasteiger partial charge on any atom is 0.339 e. The number of aromatic nitrogens is 1. The Morgan fingerprint density at radius 2 is 1.85 bits per heavy atom. The largest absolute Gasteiger partial charge is 0.495 e. The number of halogens is 2. The number of para-hydroxylation sites is 1.